The standard InChI is InChI=1S/C25H32O11/c1-31-17-11-14(6-7-15(17)27)23-19(12-33-25-22(30)20(28)21(29)24(32-2)36-25)34-16-8-5-13(4-3-9-26)10-18(16)35-23/h5-8,10-11,19-30H,3-4,9,12H2,1-2H3/t19-,20+,21+,22-,23-,24+,25-/m1/s1. The van der Waals surface area contributed by atoms with Crippen molar-refractivity contribution in [1.82, 2.24) is 0 Å². The van der Waals surface area contributed by atoms with Gasteiger partial charge in [0.15, 0.2) is 47.8 Å². The van der Waals surface area contributed by atoms with E-state index in [4.69, 9.17) is 33.5 Å². The van der Waals surface area contributed by atoms with E-state index in [1.54, 1.807) is 18.2 Å². The lowest BCUT2D eigenvalue weighted by Gasteiger charge is -2.40. The van der Waals surface area contributed by atoms with E-state index in [0.29, 0.717) is 29.9 Å². The van der Waals surface area contributed by atoms with Crippen molar-refractivity contribution in [3.05, 3.63) is 47.5 Å². The quantitative estimate of drug-likeness (QED) is 0.324. The second kappa shape index (κ2) is 11.6. The van der Waals surface area contributed by atoms with E-state index in [1.165, 1.54) is 20.3 Å². The molecule has 4 rings (SSSR count). The van der Waals surface area contributed by atoms with Gasteiger partial charge in [0, 0.05) is 19.3 Å². The van der Waals surface area contributed by atoms with E-state index >= 15 is 0 Å². The second-order valence-electron chi connectivity index (χ2n) is 8.65. The van der Waals surface area contributed by atoms with Crippen LogP contribution in [0.15, 0.2) is 36.4 Å². The highest BCUT2D eigenvalue weighted by molar-refractivity contribution is 5.47. The molecule has 0 unspecified atom stereocenters. The number of ether oxygens (including phenoxy) is 6. The highest BCUT2D eigenvalue weighted by Crippen LogP contribution is 2.42. The number of phenols is 1. The molecule has 1 fully saturated rings. The Hall–Kier alpha value is -2.64. The van der Waals surface area contributed by atoms with Gasteiger partial charge in [-0.2, -0.15) is 0 Å². The number of aliphatic hydroxyl groups excluding tert-OH is 4. The van der Waals surface area contributed by atoms with E-state index in [2.05, 4.69) is 0 Å². The van der Waals surface area contributed by atoms with Crippen molar-refractivity contribution in [3.8, 4) is 23.0 Å². The molecule has 0 radical (unpaired) electrons. The van der Waals surface area contributed by atoms with Crippen LogP contribution in [-0.2, 0) is 20.6 Å². The van der Waals surface area contributed by atoms with E-state index in [0.717, 1.165) is 5.56 Å². The maximum Gasteiger partial charge on any atom is 0.189 e. The summed E-state index contributed by atoms with van der Waals surface area (Å²) in [5.74, 6) is 1.21. The van der Waals surface area contributed by atoms with Gasteiger partial charge in [-0.05, 0) is 42.7 Å². The summed E-state index contributed by atoms with van der Waals surface area (Å²) in [6.07, 6.45) is -7.13. The molecule has 11 heteroatoms. The molecule has 0 aliphatic carbocycles. The van der Waals surface area contributed by atoms with Crippen LogP contribution in [0.2, 0.25) is 0 Å². The molecule has 5 N–H and O–H groups in total. The third kappa shape index (κ3) is 5.52. The Balaban J connectivity index is 1.58. The predicted octanol–water partition coefficient (Wildman–Crippen LogP) is 0.635. The van der Waals surface area contributed by atoms with Crippen molar-refractivity contribution in [2.24, 2.45) is 0 Å². The van der Waals surface area contributed by atoms with Crippen molar-refractivity contribution in [2.45, 2.75) is 55.9 Å². The van der Waals surface area contributed by atoms with Crippen LogP contribution in [0.1, 0.15) is 23.7 Å². The fraction of sp³-hybridized carbons (Fsp3) is 0.520. The number of aliphatic hydroxyl groups is 4. The number of hydrogen-bond acceptors (Lipinski definition) is 11. The van der Waals surface area contributed by atoms with E-state index < -0.39 is 43.1 Å². The smallest absolute Gasteiger partial charge is 0.189 e. The van der Waals surface area contributed by atoms with Crippen LogP contribution in [0.5, 0.6) is 23.0 Å². The second-order valence-corrected chi connectivity index (χ2v) is 8.65. The molecule has 0 spiro atoms. The van der Waals surface area contributed by atoms with Gasteiger partial charge in [0.1, 0.15) is 18.3 Å². The molecule has 2 aromatic carbocycles. The Bertz CT molecular complexity index is 1010. The first-order chi connectivity index (χ1) is 17.4. The Morgan fingerprint density at radius 3 is 2.39 bits per heavy atom. The van der Waals surface area contributed by atoms with E-state index in [1.807, 2.05) is 12.1 Å². The summed E-state index contributed by atoms with van der Waals surface area (Å²) in [7, 11) is 2.74. The van der Waals surface area contributed by atoms with Gasteiger partial charge in [0.25, 0.3) is 0 Å². The average Bonchev–Trinajstić information content (AvgIpc) is 2.90. The zero-order valence-corrected chi connectivity index (χ0v) is 20.0. The maximum atomic E-state index is 10.3. The largest absolute Gasteiger partial charge is 0.504 e. The van der Waals surface area contributed by atoms with Gasteiger partial charge in [-0.1, -0.05) is 12.1 Å². The molecule has 2 aliphatic rings. The van der Waals surface area contributed by atoms with Crippen LogP contribution in [0.25, 0.3) is 0 Å². The minimum atomic E-state index is -1.53. The Kier molecular flexibility index (Phi) is 8.52. The molecule has 2 aliphatic heterocycles. The summed E-state index contributed by atoms with van der Waals surface area (Å²) in [6.45, 7) is -0.0466. The van der Waals surface area contributed by atoms with Crippen LogP contribution in [0, 0.1) is 0 Å². The Labute approximate surface area is 208 Å². The number of aryl methyl sites for hydroxylation is 1. The molecule has 11 nitrogen and oxygen atoms in total. The molecular weight excluding hydrogens is 476 g/mol. The van der Waals surface area contributed by atoms with Gasteiger partial charge in [-0.15, -0.1) is 0 Å². The van der Waals surface area contributed by atoms with Crippen molar-refractivity contribution in [2.75, 3.05) is 27.4 Å². The van der Waals surface area contributed by atoms with E-state index in [9.17, 15) is 20.4 Å². The first-order valence-corrected chi connectivity index (χ1v) is 11.6. The molecule has 198 valence electrons. The minimum Gasteiger partial charge on any atom is -0.504 e. The SMILES string of the molecule is COc1cc([C@H]2Oc3cc(CCCO)ccc3O[C@@H]2CO[C@@H]2O[C@H](OC)[C@@H](O)[C@H](O)[C@H]2O)ccc1O. The number of rotatable bonds is 9. The third-order valence-corrected chi connectivity index (χ3v) is 6.22. The summed E-state index contributed by atoms with van der Waals surface area (Å²) in [6, 6.07) is 10.3. The summed E-state index contributed by atoms with van der Waals surface area (Å²) >= 11 is 0. The van der Waals surface area contributed by atoms with Gasteiger partial charge in [0.2, 0.25) is 0 Å². The molecular formula is C25H32O11. The first kappa shape index (κ1) is 26.4. The van der Waals surface area contributed by atoms with Crippen molar-refractivity contribution >= 4 is 0 Å². The molecule has 0 aromatic heterocycles. The molecule has 7 atom stereocenters. The zero-order valence-electron chi connectivity index (χ0n) is 20.0. The Morgan fingerprint density at radius 2 is 1.67 bits per heavy atom. The van der Waals surface area contributed by atoms with Crippen molar-refractivity contribution in [1.29, 1.82) is 0 Å². The molecule has 2 heterocycles. The lowest BCUT2D eigenvalue weighted by atomic mass is 10.0. The number of methoxy groups -OCH3 is 2. The van der Waals surface area contributed by atoms with Gasteiger partial charge in [-0.25, -0.2) is 0 Å². The predicted molar refractivity (Wildman–Crippen MR) is 124 cm³/mol. The topological polar surface area (TPSA) is 157 Å². The lowest BCUT2D eigenvalue weighted by molar-refractivity contribution is -0.348. The molecule has 1 saturated heterocycles. The zero-order chi connectivity index (χ0) is 25.8. The van der Waals surface area contributed by atoms with Crippen LogP contribution >= 0.6 is 0 Å². The van der Waals surface area contributed by atoms with Gasteiger partial charge >= 0.3 is 0 Å². The highest BCUT2D eigenvalue weighted by atomic mass is 16.8. The van der Waals surface area contributed by atoms with Crippen LogP contribution in [0.3, 0.4) is 0 Å². The molecule has 0 bridgehead atoms. The molecule has 0 saturated carbocycles. The van der Waals surface area contributed by atoms with Gasteiger partial charge in [0.05, 0.1) is 13.7 Å². The molecule has 0 amide bonds. The first-order valence-electron chi connectivity index (χ1n) is 11.6. The monoisotopic (exact) mass is 508 g/mol. The van der Waals surface area contributed by atoms with Crippen LogP contribution in [0.4, 0.5) is 0 Å². The van der Waals surface area contributed by atoms with Gasteiger partial charge < -0.3 is 54.0 Å². The fourth-order valence-corrected chi connectivity index (χ4v) is 4.23. The van der Waals surface area contributed by atoms with Crippen molar-refractivity contribution in [3.63, 3.8) is 0 Å². The summed E-state index contributed by atoms with van der Waals surface area (Å²) in [5.41, 5.74) is 1.61. The number of fused-ring (bicyclic) bond motifs is 1. The summed E-state index contributed by atoms with van der Waals surface area (Å²) in [5, 5.41) is 49.6. The fourth-order valence-electron chi connectivity index (χ4n) is 4.23. The maximum absolute atomic E-state index is 10.3. The number of aromatic hydroxyl groups is 1. The van der Waals surface area contributed by atoms with Crippen LogP contribution in [-0.4, -0.2) is 90.0 Å². The minimum absolute atomic E-state index is 0.0330. The summed E-state index contributed by atoms with van der Waals surface area (Å²) in [4.78, 5) is 0. The Morgan fingerprint density at radius 1 is 0.889 bits per heavy atom. The number of benzene rings is 2. The van der Waals surface area contributed by atoms with E-state index in [-0.39, 0.29) is 24.7 Å². The highest BCUT2D eigenvalue weighted by Gasteiger charge is 2.45. The van der Waals surface area contributed by atoms with Gasteiger partial charge in [-0.3, -0.25) is 0 Å². The number of phenolic OH excluding ortho intramolecular Hbond substituents is 1. The molecule has 2 aromatic rings. The van der Waals surface area contributed by atoms with Crippen LogP contribution < -0.4 is 14.2 Å². The van der Waals surface area contributed by atoms with Crippen molar-refractivity contribution < 1.29 is 54.0 Å². The average molecular weight is 509 g/mol. The lowest BCUT2D eigenvalue weighted by Crippen LogP contribution is -2.59. The third-order valence-electron chi connectivity index (χ3n) is 6.22. The number of hydrogen-bond donors (Lipinski definition) is 5. The summed E-state index contributed by atoms with van der Waals surface area (Å²) < 4.78 is 34.0. The molecule has 36 heavy (non-hydrogen) atoms. The normalized spacial score (nSPS) is 29.7.